The molecule has 0 aliphatic carbocycles. The molecule has 4 rings (SSSR count). The van der Waals surface area contributed by atoms with Crippen LogP contribution in [0.3, 0.4) is 0 Å². The summed E-state index contributed by atoms with van der Waals surface area (Å²) in [6, 6.07) is 17.4. The topological polar surface area (TPSA) is 61.8 Å². The van der Waals surface area contributed by atoms with Gasteiger partial charge in [-0.05, 0) is 36.4 Å². The maximum absolute atomic E-state index is 13.1. The fourth-order valence-corrected chi connectivity index (χ4v) is 4.48. The van der Waals surface area contributed by atoms with Gasteiger partial charge in [0.15, 0.2) is 0 Å². The van der Waals surface area contributed by atoms with Crippen molar-refractivity contribution in [2.24, 2.45) is 4.99 Å². The molecule has 0 unspecified atom stereocenters. The van der Waals surface area contributed by atoms with E-state index in [9.17, 15) is 8.42 Å². The molecule has 0 bridgehead atoms. The SMILES string of the molecule is O=S(=O)(Nc1cccc(Cl)c1)c1ccc(N2C=CC=NC=C2)c2ccccc12. The van der Waals surface area contributed by atoms with Crippen LogP contribution in [0.25, 0.3) is 10.8 Å². The molecule has 3 aromatic rings. The molecule has 0 amide bonds. The van der Waals surface area contributed by atoms with Crippen LogP contribution in [0.2, 0.25) is 5.02 Å². The molecule has 28 heavy (non-hydrogen) atoms. The van der Waals surface area contributed by atoms with E-state index < -0.39 is 10.0 Å². The van der Waals surface area contributed by atoms with Crippen LogP contribution < -0.4 is 9.62 Å². The van der Waals surface area contributed by atoms with E-state index in [4.69, 9.17) is 11.6 Å². The van der Waals surface area contributed by atoms with Crippen LogP contribution in [0.4, 0.5) is 11.4 Å². The maximum Gasteiger partial charge on any atom is 0.262 e. The van der Waals surface area contributed by atoms with E-state index >= 15 is 0 Å². The van der Waals surface area contributed by atoms with Gasteiger partial charge < -0.3 is 4.90 Å². The number of allylic oxidation sites excluding steroid dienone is 1. The van der Waals surface area contributed by atoms with Gasteiger partial charge in [0, 0.05) is 40.6 Å². The van der Waals surface area contributed by atoms with Crippen molar-refractivity contribution in [2.75, 3.05) is 9.62 Å². The predicted molar refractivity (Wildman–Crippen MR) is 115 cm³/mol. The lowest BCUT2D eigenvalue weighted by molar-refractivity contribution is 0.602. The number of nitrogens with one attached hydrogen (secondary N) is 1. The van der Waals surface area contributed by atoms with Crippen molar-refractivity contribution in [1.29, 1.82) is 0 Å². The second kappa shape index (κ2) is 7.50. The fourth-order valence-electron chi connectivity index (χ4n) is 3.03. The summed E-state index contributed by atoms with van der Waals surface area (Å²) in [5.74, 6) is 0. The first kappa shape index (κ1) is 18.3. The highest BCUT2D eigenvalue weighted by molar-refractivity contribution is 7.93. The third-order valence-corrected chi connectivity index (χ3v) is 5.91. The first-order chi connectivity index (χ1) is 13.5. The van der Waals surface area contributed by atoms with Gasteiger partial charge in [-0.3, -0.25) is 9.71 Å². The molecular formula is C21H16ClN3O2S. The summed E-state index contributed by atoms with van der Waals surface area (Å²) >= 11 is 5.97. The van der Waals surface area contributed by atoms with Gasteiger partial charge in [0.1, 0.15) is 0 Å². The molecule has 1 N–H and O–H groups in total. The molecule has 0 spiro atoms. The molecule has 1 aliphatic heterocycles. The van der Waals surface area contributed by atoms with Crippen molar-refractivity contribution < 1.29 is 8.42 Å². The van der Waals surface area contributed by atoms with E-state index in [1.54, 1.807) is 54.9 Å². The van der Waals surface area contributed by atoms with Crippen LogP contribution in [-0.2, 0) is 10.0 Å². The number of hydrogen-bond acceptors (Lipinski definition) is 4. The predicted octanol–water partition coefficient (Wildman–Crippen LogP) is 5.17. The Morgan fingerprint density at radius 1 is 0.929 bits per heavy atom. The number of benzene rings is 3. The Kier molecular flexibility index (Phi) is 4.90. The van der Waals surface area contributed by atoms with Gasteiger partial charge in [-0.15, -0.1) is 0 Å². The number of rotatable bonds is 4. The summed E-state index contributed by atoms with van der Waals surface area (Å²) in [5, 5.41) is 1.90. The van der Waals surface area contributed by atoms with Crippen molar-refractivity contribution in [3.05, 3.63) is 90.4 Å². The quantitative estimate of drug-likeness (QED) is 0.646. The highest BCUT2D eigenvalue weighted by atomic mass is 35.5. The Hall–Kier alpha value is -3.09. The molecule has 0 saturated carbocycles. The number of fused-ring (bicyclic) bond motifs is 1. The number of nitrogens with zero attached hydrogens (tertiary/aromatic N) is 2. The van der Waals surface area contributed by atoms with E-state index in [1.807, 2.05) is 41.6 Å². The average molecular weight is 410 g/mol. The molecule has 0 aromatic heterocycles. The summed E-state index contributed by atoms with van der Waals surface area (Å²) in [7, 11) is -3.80. The van der Waals surface area contributed by atoms with E-state index in [-0.39, 0.29) is 4.90 Å². The highest BCUT2D eigenvalue weighted by Gasteiger charge is 2.20. The lowest BCUT2D eigenvalue weighted by atomic mass is 10.1. The zero-order valence-electron chi connectivity index (χ0n) is 14.7. The molecule has 0 fully saturated rings. The molecule has 1 heterocycles. The van der Waals surface area contributed by atoms with Crippen LogP contribution in [0, 0.1) is 0 Å². The van der Waals surface area contributed by atoms with Crippen molar-refractivity contribution in [3.63, 3.8) is 0 Å². The van der Waals surface area contributed by atoms with Crippen LogP contribution >= 0.6 is 11.6 Å². The average Bonchev–Trinajstić information content (AvgIpc) is 2.96. The van der Waals surface area contributed by atoms with Gasteiger partial charge in [-0.2, -0.15) is 0 Å². The van der Waals surface area contributed by atoms with Gasteiger partial charge >= 0.3 is 0 Å². The van der Waals surface area contributed by atoms with Gasteiger partial charge in [-0.25, -0.2) is 8.42 Å². The van der Waals surface area contributed by atoms with Gasteiger partial charge in [0.2, 0.25) is 0 Å². The molecule has 7 heteroatoms. The Labute approximate surface area is 168 Å². The lowest BCUT2D eigenvalue weighted by Gasteiger charge is -2.19. The minimum atomic E-state index is -3.80. The molecule has 0 atom stereocenters. The Balaban J connectivity index is 1.81. The summed E-state index contributed by atoms with van der Waals surface area (Å²) < 4.78 is 28.7. The number of anilines is 2. The van der Waals surface area contributed by atoms with Crippen LogP contribution in [0.5, 0.6) is 0 Å². The minimum Gasteiger partial charge on any atom is -0.322 e. The van der Waals surface area contributed by atoms with Gasteiger partial charge in [-0.1, -0.05) is 41.9 Å². The maximum atomic E-state index is 13.1. The zero-order valence-corrected chi connectivity index (χ0v) is 16.2. The standard InChI is InChI=1S/C21H16ClN3O2S/c22-16-5-3-6-17(15-16)24-28(26,27)21-10-9-20(18-7-1-2-8-19(18)21)25-13-4-11-23-12-14-25/h1-15,24H. The molecule has 3 aromatic carbocycles. The molecule has 1 aliphatic rings. The van der Waals surface area contributed by atoms with E-state index in [1.165, 1.54) is 0 Å². The summed E-state index contributed by atoms with van der Waals surface area (Å²) in [5.41, 5.74) is 1.27. The molecule has 0 radical (unpaired) electrons. The third-order valence-electron chi connectivity index (χ3n) is 4.24. The van der Waals surface area contributed by atoms with Crippen molar-refractivity contribution in [2.45, 2.75) is 4.90 Å². The summed E-state index contributed by atoms with van der Waals surface area (Å²) in [4.78, 5) is 6.19. The molecule has 0 saturated heterocycles. The van der Waals surface area contributed by atoms with Crippen molar-refractivity contribution in [3.8, 4) is 0 Å². The van der Waals surface area contributed by atoms with E-state index in [0.29, 0.717) is 16.1 Å². The summed E-state index contributed by atoms with van der Waals surface area (Å²) in [6.45, 7) is 0. The van der Waals surface area contributed by atoms with Crippen LogP contribution in [0.15, 0.2) is 95.2 Å². The smallest absolute Gasteiger partial charge is 0.262 e. The Morgan fingerprint density at radius 3 is 2.57 bits per heavy atom. The van der Waals surface area contributed by atoms with Crippen LogP contribution in [0.1, 0.15) is 0 Å². The van der Waals surface area contributed by atoms with Crippen LogP contribution in [-0.4, -0.2) is 14.6 Å². The van der Waals surface area contributed by atoms with Gasteiger partial charge in [0.05, 0.1) is 16.3 Å². The van der Waals surface area contributed by atoms with Gasteiger partial charge in [0.25, 0.3) is 10.0 Å². The third kappa shape index (κ3) is 3.65. The highest BCUT2D eigenvalue weighted by Crippen LogP contribution is 2.33. The van der Waals surface area contributed by atoms with Crippen molar-refractivity contribution >= 4 is 50.0 Å². The largest absolute Gasteiger partial charge is 0.322 e. The lowest BCUT2D eigenvalue weighted by Crippen LogP contribution is -2.14. The minimum absolute atomic E-state index is 0.200. The molecular weight excluding hydrogens is 394 g/mol. The monoisotopic (exact) mass is 409 g/mol. The number of halogens is 1. The summed E-state index contributed by atoms with van der Waals surface area (Å²) in [6.07, 6.45) is 8.88. The van der Waals surface area contributed by atoms with E-state index in [0.717, 1.165) is 11.1 Å². The molecule has 140 valence electrons. The zero-order chi connectivity index (χ0) is 19.6. The normalized spacial score (nSPS) is 13.7. The van der Waals surface area contributed by atoms with E-state index in [2.05, 4.69) is 9.71 Å². The second-order valence-corrected chi connectivity index (χ2v) is 8.18. The number of sulfonamides is 1. The first-order valence-electron chi connectivity index (χ1n) is 8.50. The number of aliphatic imine (C=N–C) groups is 1. The Morgan fingerprint density at radius 2 is 1.75 bits per heavy atom. The number of hydrogen-bond donors (Lipinski definition) is 1. The molecule has 5 nitrogen and oxygen atoms in total. The van der Waals surface area contributed by atoms with Crippen molar-refractivity contribution in [1.82, 2.24) is 0 Å². The fraction of sp³-hybridized carbons (Fsp3) is 0. The second-order valence-electron chi connectivity index (χ2n) is 6.09. The first-order valence-corrected chi connectivity index (χ1v) is 10.4. The Bertz CT molecular complexity index is 1220.